The first-order valence-corrected chi connectivity index (χ1v) is 10.6. The number of carbonyl (C=O) groups excluding carboxylic acids is 1. The molecule has 152 valence electrons. The molecule has 1 saturated carbocycles. The van der Waals surface area contributed by atoms with Crippen LogP contribution in [0.4, 0.5) is 5.13 Å². The van der Waals surface area contributed by atoms with Gasteiger partial charge in [0.1, 0.15) is 18.0 Å². The third-order valence-electron chi connectivity index (χ3n) is 4.69. The van der Waals surface area contributed by atoms with Gasteiger partial charge in [-0.1, -0.05) is 18.3 Å². The SMILES string of the molecule is CCC(=O)N(c1nn(C[NH+](C)Cc2ccc(OC)cc2OC)c(=S)s1)C1CC1. The fourth-order valence-electron chi connectivity index (χ4n) is 3.10. The third-order valence-corrected chi connectivity index (χ3v) is 6.00. The monoisotopic (exact) mass is 423 g/mol. The second-order valence-corrected chi connectivity index (χ2v) is 8.57. The molecule has 1 aliphatic rings. The van der Waals surface area contributed by atoms with Crippen molar-refractivity contribution in [1.29, 1.82) is 0 Å². The van der Waals surface area contributed by atoms with Gasteiger partial charge >= 0.3 is 0 Å². The number of aromatic nitrogens is 2. The molecule has 1 aliphatic carbocycles. The smallest absolute Gasteiger partial charge is 0.228 e. The Labute approximate surface area is 174 Å². The quantitative estimate of drug-likeness (QED) is 0.627. The molecule has 0 bridgehead atoms. The summed E-state index contributed by atoms with van der Waals surface area (Å²) in [7, 11) is 5.38. The van der Waals surface area contributed by atoms with Crippen molar-refractivity contribution >= 4 is 34.6 Å². The fraction of sp³-hybridized carbons (Fsp3) is 0.526. The summed E-state index contributed by atoms with van der Waals surface area (Å²) < 4.78 is 13.3. The van der Waals surface area contributed by atoms with E-state index in [-0.39, 0.29) is 11.9 Å². The van der Waals surface area contributed by atoms with Gasteiger partial charge in [0.25, 0.3) is 0 Å². The summed E-state index contributed by atoms with van der Waals surface area (Å²) in [6.45, 7) is 3.25. The summed E-state index contributed by atoms with van der Waals surface area (Å²) in [6.07, 6.45) is 2.56. The van der Waals surface area contributed by atoms with E-state index in [0.717, 1.165) is 36.4 Å². The highest BCUT2D eigenvalue weighted by molar-refractivity contribution is 7.73. The number of anilines is 1. The normalized spacial score (nSPS) is 14.6. The van der Waals surface area contributed by atoms with E-state index in [4.69, 9.17) is 21.7 Å². The topological polar surface area (TPSA) is 61.0 Å². The molecular weight excluding hydrogens is 396 g/mol. The Morgan fingerprint density at radius 2 is 2.14 bits per heavy atom. The van der Waals surface area contributed by atoms with Gasteiger partial charge in [0, 0.05) is 24.1 Å². The van der Waals surface area contributed by atoms with Crippen LogP contribution in [0.5, 0.6) is 11.5 Å². The van der Waals surface area contributed by atoms with E-state index in [9.17, 15) is 4.79 Å². The number of carbonyl (C=O) groups is 1. The zero-order valence-electron chi connectivity index (χ0n) is 16.7. The maximum absolute atomic E-state index is 12.3. The lowest BCUT2D eigenvalue weighted by Gasteiger charge is -2.18. The van der Waals surface area contributed by atoms with E-state index in [1.54, 1.807) is 14.2 Å². The minimum atomic E-state index is 0.113. The van der Waals surface area contributed by atoms with Crippen LogP contribution in [0, 0.1) is 3.95 Å². The van der Waals surface area contributed by atoms with Crippen molar-refractivity contribution in [1.82, 2.24) is 9.78 Å². The van der Waals surface area contributed by atoms with Crippen molar-refractivity contribution in [3.8, 4) is 11.5 Å². The predicted molar refractivity (Wildman–Crippen MR) is 112 cm³/mol. The minimum Gasteiger partial charge on any atom is -0.497 e. The fourth-order valence-corrected chi connectivity index (χ4v) is 4.28. The number of methoxy groups -OCH3 is 2. The number of rotatable bonds is 9. The summed E-state index contributed by atoms with van der Waals surface area (Å²) in [5, 5.41) is 5.37. The third kappa shape index (κ3) is 4.71. The molecule has 0 spiro atoms. The standard InChI is InChI=1S/C19H26N4O3S2/c1-5-17(24)23(14-7-8-14)18-20-22(19(27)28-18)12-21(2)11-13-6-9-15(25-3)10-16(13)26-4/h6,9-10,14H,5,7-8,11-12H2,1-4H3/p+1. The first kappa shape index (κ1) is 20.8. The first-order chi connectivity index (χ1) is 13.5. The van der Waals surface area contributed by atoms with Crippen LogP contribution in [-0.2, 0) is 18.0 Å². The van der Waals surface area contributed by atoms with Crippen LogP contribution in [0.15, 0.2) is 18.2 Å². The van der Waals surface area contributed by atoms with Crippen molar-refractivity contribution in [2.45, 2.75) is 45.4 Å². The van der Waals surface area contributed by atoms with Crippen LogP contribution in [0.2, 0.25) is 0 Å². The van der Waals surface area contributed by atoms with Gasteiger partial charge in [-0.05, 0) is 37.2 Å². The Kier molecular flexibility index (Phi) is 6.69. The Morgan fingerprint density at radius 3 is 2.75 bits per heavy atom. The molecule has 2 aromatic rings. The lowest BCUT2D eigenvalue weighted by molar-refractivity contribution is -0.917. The zero-order valence-corrected chi connectivity index (χ0v) is 18.4. The number of hydrogen-bond donors (Lipinski definition) is 1. The van der Waals surface area contributed by atoms with Gasteiger partial charge in [0.15, 0.2) is 10.6 Å². The summed E-state index contributed by atoms with van der Waals surface area (Å²) in [5.74, 6) is 1.68. The first-order valence-electron chi connectivity index (χ1n) is 9.39. The molecular formula is C19H27N4O3S2+. The van der Waals surface area contributed by atoms with E-state index < -0.39 is 0 Å². The van der Waals surface area contributed by atoms with Crippen molar-refractivity contribution in [3.05, 3.63) is 27.7 Å². The number of nitrogens with one attached hydrogen (secondary N) is 1. The van der Waals surface area contributed by atoms with Crippen LogP contribution in [0.25, 0.3) is 0 Å². The van der Waals surface area contributed by atoms with Crippen LogP contribution in [0.3, 0.4) is 0 Å². The van der Waals surface area contributed by atoms with Crippen LogP contribution in [-0.4, -0.2) is 43.0 Å². The highest BCUT2D eigenvalue weighted by Gasteiger charge is 2.35. The van der Waals surface area contributed by atoms with Crippen LogP contribution in [0.1, 0.15) is 31.7 Å². The van der Waals surface area contributed by atoms with E-state index >= 15 is 0 Å². The maximum Gasteiger partial charge on any atom is 0.228 e. The molecule has 0 saturated heterocycles. The van der Waals surface area contributed by atoms with Gasteiger partial charge in [0.05, 0.1) is 21.3 Å². The molecule has 7 nitrogen and oxygen atoms in total. The number of hydrogen-bond acceptors (Lipinski definition) is 6. The minimum absolute atomic E-state index is 0.113. The Bertz CT molecular complexity index is 892. The van der Waals surface area contributed by atoms with Gasteiger partial charge in [-0.25, -0.2) is 0 Å². The molecule has 0 radical (unpaired) electrons. The van der Waals surface area contributed by atoms with Crippen molar-refractivity contribution in [3.63, 3.8) is 0 Å². The maximum atomic E-state index is 12.3. The number of nitrogens with zero attached hydrogens (tertiary/aromatic N) is 3. The van der Waals surface area contributed by atoms with Gasteiger partial charge in [-0.3, -0.25) is 9.69 Å². The van der Waals surface area contributed by atoms with E-state index in [1.807, 2.05) is 34.7 Å². The second kappa shape index (κ2) is 9.02. The predicted octanol–water partition coefficient (Wildman–Crippen LogP) is 2.27. The number of amides is 1. The lowest BCUT2D eigenvalue weighted by atomic mass is 10.2. The van der Waals surface area contributed by atoms with E-state index in [1.165, 1.54) is 16.2 Å². The summed E-state index contributed by atoms with van der Waals surface area (Å²) in [6, 6.07) is 6.12. The van der Waals surface area contributed by atoms with Gasteiger partial charge < -0.3 is 14.4 Å². The molecule has 1 amide bonds. The van der Waals surface area contributed by atoms with Crippen LogP contribution >= 0.6 is 23.6 Å². The molecule has 1 unspecified atom stereocenters. The molecule has 28 heavy (non-hydrogen) atoms. The largest absolute Gasteiger partial charge is 0.497 e. The average Bonchev–Trinajstić information content (AvgIpc) is 3.46. The zero-order chi connectivity index (χ0) is 20.3. The summed E-state index contributed by atoms with van der Waals surface area (Å²) in [4.78, 5) is 15.4. The van der Waals surface area contributed by atoms with Crippen molar-refractivity contribution in [2.75, 3.05) is 26.2 Å². The molecule has 1 atom stereocenters. The van der Waals surface area contributed by atoms with Crippen LogP contribution < -0.4 is 19.3 Å². The van der Waals surface area contributed by atoms with Gasteiger partial charge in [0.2, 0.25) is 11.0 Å². The Balaban J connectivity index is 1.73. The van der Waals surface area contributed by atoms with Crippen molar-refractivity contribution in [2.24, 2.45) is 0 Å². The summed E-state index contributed by atoms with van der Waals surface area (Å²) in [5.41, 5.74) is 1.09. The highest BCUT2D eigenvalue weighted by atomic mass is 32.1. The molecule has 0 aliphatic heterocycles. The Hall–Kier alpha value is -1.97. The second-order valence-electron chi connectivity index (χ2n) is 6.97. The highest BCUT2D eigenvalue weighted by Crippen LogP contribution is 2.33. The number of ether oxygens (including phenoxy) is 2. The molecule has 1 heterocycles. The average molecular weight is 424 g/mol. The number of quaternary nitrogens is 1. The lowest BCUT2D eigenvalue weighted by Crippen LogP contribution is -3.07. The molecule has 1 N–H and O–H groups in total. The molecule has 3 rings (SSSR count). The molecule has 1 aromatic heterocycles. The molecule has 1 aromatic carbocycles. The number of benzene rings is 1. The van der Waals surface area contributed by atoms with Gasteiger partial charge in [-0.15, -0.1) is 5.10 Å². The molecule has 9 heteroatoms. The molecule has 1 fully saturated rings. The summed E-state index contributed by atoms with van der Waals surface area (Å²) >= 11 is 6.93. The van der Waals surface area contributed by atoms with E-state index in [2.05, 4.69) is 12.1 Å². The van der Waals surface area contributed by atoms with Gasteiger partial charge in [-0.2, -0.15) is 4.68 Å². The Morgan fingerprint density at radius 1 is 1.39 bits per heavy atom. The van der Waals surface area contributed by atoms with Crippen molar-refractivity contribution < 1.29 is 19.2 Å². The van der Waals surface area contributed by atoms with E-state index in [0.29, 0.717) is 22.2 Å².